The SMILES string of the molecule is CC(=O)Oc1c(CC(C)C)ccc2c1Cc1ccccc1-2. The fraction of sp³-hybridized carbons (Fsp3) is 0.316. The monoisotopic (exact) mass is 280 g/mol. The van der Waals surface area contributed by atoms with Crippen LogP contribution in [0.1, 0.15) is 37.5 Å². The number of fused-ring (bicyclic) bond motifs is 3. The molecule has 0 bridgehead atoms. The highest BCUT2D eigenvalue weighted by Crippen LogP contribution is 2.43. The van der Waals surface area contributed by atoms with Gasteiger partial charge in [-0.25, -0.2) is 0 Å². The highest BCUT2D eigenvalue weighted by molar-refractivity contribution is 5.81. The van der Waals surface area contributed by atoms with Crippen molar-refractivity contribution in [2.24, 2.45) is 5.92 Å². The van der Waals surface area contributed by atoms with Gasteiger partial charge in [-0.3, -0.25) is 4.79 Å². The van der Waals surface area contributed by atoms with Crippen LogP contribution in [0.15, 0.2) is 36.4 Å². The van der Waals surface area contributed by atoms with Crippen LogP contribution in [0.2, 0.25) is 0 Å². The molecule has 21 heavy (non-hydrogen) atoms. The molecule has 0 fully saturated rings. The van der Waals surface area contributed by atoms with E-state index in [1.165, 1.54) is 23.6 Å². The van der Waals surface area contributed by atoms with Gasteiger partial charge in [0, 0.05) is 18.9 Å². The molecule has 0 saturated heterocycles. The molecule has 0 unspecified atom stereocenters. The first-order valence-corrected chi connectivity index (χ1v) is 7.47. The summed E-state index contributed by atoms with van der Waals surface area (Å²) in [5, 5.41) is 0. The molecule has 0 aromatic heterocycles. The topological polar surface area (TPSA) is 26.3 Å². The summed E-state index contributed by atoms with van der Waals surface area (Å²) in [5.74, 6) is 1.07. The molecule has 0 heterocycles. The molecule has 0 spiro atoms. The average molecular weight is 280 g/mol. The third-order valence-electron chi connectivity index (χ3n) is 3.89. The third kappa shape index (κ3) is 2.58. The van der Waals surface area contributed by atoms with Crippen molar-refractivity contribution in [1.29, 1.82) is 0 Å². The Morgan fingerprint density at radius 1 is 1.14 bits per heavy atom. The summed E-state index contributed by atoms with van der Waals surface area (Å²) < 4.78 is 5.58. The van der Waals surface area contributed by atoms with E-state index in [1.807, 2.05) is 0 Å². The first-order chi connectivity index (χ1) is 10.1. The van der Waals surface area contributed by atoms with E-state index in [0.717, 1.165) is 29.7 Å². The van der Waals surface area contributed by atoms with Crippen LogP contribution in [0.3, 0.4) is 0 Å². The average Bonchev–Trinajstić information content (AvgIpc) is 2.79. The molecule has 0 radical (unpaired) electrons. The summed E-state index contributed by atoms with van der Waals surface area (Å²) in [6, 6.07) is 12.7. The normalized spacial score (nSPS) is 12.2. The van der Waals surface area contributed by atoms with Gasteiger partial charge in [0.1, 0.15) is 5.75 Å². The van der Waals surface area contributed by atoms with Crippen LogP contribution >= 0.6 is 0 Å². The summed E-state index contributed by atoms with van der Waals surface area (Å²) in [6.07, 6.45) is 1.77. The van der Waals surface area contributed by atoms with Gasteiger partial charge in [0.2, 0.25) is 0 Å². The van der Waals surface area contributed by atoms with Gasteiger partial charge in [-0.2, -0.15) is 0 Å². The first kappa shape index (κ1) is 13.9. The quantitative estimate of drug-likeness (QED) is 0.525. The summed E-state index contributed by atoms with van der Waals surface area (Å²) in [5.41, 5.74) is 6.06. The minimum atomic E-state index is -0.246. The molecule has 0 atom stereocenters. The summed E-state index contributed by atoms with van der Waals surface area (Å²) in [7, 11) is 0. The van der Waals surface area contributed by atoms with Gasteiger partial charge < -0.3 is 4.74 Å². The Morgan fingerprint density at radius 3 is 2.62 bits per heavy atom. The number of benzene rings is 2. The van der Waals surface area contributed by atoms with Crippen LogP contribution in [0.25, 0.3) is 11.1 Å². The van der Waals surface area contributed by atoms with E-state index >= 15 is 0 Å². The van der Waals surface area contributed by atoms with Gasteiger partial charge in [0.25, 0.3) is 0 Å². The number of esters is 1. The number of hydrogen-bond donors (Lipinski definition) is 0. The molecule has 0 N–H and O–H groups in total. The Hall–Kier alpha value is -2.09. The molecule has 2 aromatic rings. The summed E-state index contributed by atoms with van der Waals surface area (Å²) >= 11 is 0. The zero-order valence-electron chi connectivity index (χ0n) is 12.8. The van der Waals surface area contributed by atoms with Crippen LogP contribution in [0, 0.1) is 5.92 Å². The molecular weight excluding hydrogens is 260 g/mol. The molecular formula is C19H20O2. The van der Waals surface area contributed by atoms with Crippen LogP contribution in [-0.2, 0) is 17.6 Å². The highest BCUT2D eigenvalue weighted by Gasteiger charge is 2.24. The fourth-order valence-electron chi connectivity index (χ4n) is 3.10. The lowest BCUT2D eigenvalue weighted by Crippen LogP contribution is -2.08. The smallest absolute Gasteiger partial charge is 0.308 e. The minimum Gasteiger partial charge on any atom is -0.426 e. The van der Waals surface area contributed by atoms with Gasteiger partial charge in [0.15, 0.2) is 0 Å². The zero-order chi connectivity index (χ0) is 15.0. The number of ether oxygens (including phenoxy) is 1. The van der Waals surface area contributed by atoms with Gasteiger partial charge in [-0.05, 0) is 34.6 Å². The van der Waals surface area contributed by atoms with E-state index in [9.17, 15) is 4.79 Å². The Labute approximate surface area is 125 Å². The van der Waals surface area contributed by atoms with E-state index < -0.39 is 0 Å². The van der Waals surface area contributed by atoms with Crippen molar-refractivity contribution in [1.82, 2.24) is 0 Å². The first-order valence-electron chi connectivity index (χ1n) is 7.47. The Bertz CT molecular complexity index is 699. The van der Waals surface area contributed by atoms with Crippen LogP contribution in [0.4, 0.5) is 0 Å². The molecule has 1 aliphatic rings. The van der Waals surface area contributed by atoms with E-state index in [1.54, 1.807) is 0 Å². The van der Waals surface area contributed by atoms with E-state index in [-0.39, 0.29) is 5.97 Å². The van der Waals surface area contributed by atoms with Gasteiger partial charge >= 0.3 is 5.97 Å². The predicted molar refractivity (Wildman–Crippen MR) is 84.5 cm³/mol. The number of carbonyl (C=O) groups is 1. The van der Waals surface area contributed by atoms with Crippen molar-refractivity contribution in [3.8, 4) is 16.9 Å². The highest BCUT2D eigenvalue weighted by atomic mass is 16.5. The van der Waals surface area contributed by atoms with Gasteiger partial charge in [-0.15, -0.1) is 0 Å². The maximum absolute atomic E-state index is 11.5. The van der Waals surface area contributed by atoms with Crippen molar-refractivity contribution in [2.45, 2.75) is 33.6 Å². The summed E-state index contributed by atoms with van der Waals surface area (Å²) in [6.45, 7) is 5.83. The van der Waals surface area contributed by atoms with Crippen molar-refractivity contribution in [3.05, 3.63) is 53.1 Å². The van der Waals surface area contributed by atoms with E-state index in [4.69, 9.17) is 4.74 Å². The molecule has 3 rings (SSSR count). The Balaban J connectivity index is 2.13. The molecule has 1 aliphatic carbocycles. The molecule has 2 aromatic carbocycles. The number of hydrogen-bond acceptors (Lipinski definition) is 2. The maximum Gasteiger partial charge on any atom is 0.308 e. The Kier molecular flexibility index (Phi) is 3.54. The van der Waals surface area contributed by atoms with E-state index in [0.29, 0.717) is 5.92 Å². The molecule has 0 saturated carbocycles. The number of rotatable bonds is 3. The van der Waals surface area contributed by atoms with Crippen molar-refractivity contribution in [2.75, 3.05) is 0 Å². The standard InChI is InChI=1S/C19H20O2/c1-12(2)10-15-8-9-17-16-7-5-4-6-14(16)11-18(17)19(15)21-13(3)20/h4-9,12H,10-11H2,1-3H3. The van der Waals surface area contributed by atoms with Gasteiger partial charge in [-0.1, -0.05) is 50.2 Å². The molecule has 2 heteroatoms. The van der Waals surface area contributed by atoms with Crippen molar-refractivity contribution in [3.63, 3.8) is 0 Å². The van der Waals surface area contributed by atoms with Gasteiger partial charge in [0.05, 0.1) is 0 Å². The Morgan fingerprint density at radius 2 is 1.90 bits per heavy atom. The lowest BCUT2D eigenvalue weighted by atomic mass is 9.96. The second-order valence-electron chi connectivity index (χ2n) is 6.11. The fourth-order valence-corrected chi connectivity index (χ4v) is 3.10. The van der Waals surface area contributed by atoms with Crippen molar-refractivity contribution >= 4 is 5.97 Å². The molecule has 108 valence electrons. The third-order valence-corrected chi connectivity index (χ3v) is 3.89. The largest absolute Gasteiger partial charge is 0.426 e. The summed E-state index contributed by atoms with van der Waals surface area (Å²) in [4.78, 5) is 11.5. The second-order valence-corrected chi connectivity index (χ2v) is 6.11. The number of carbonyl (C=O) groups excluding carboxylic acids is 1. The second kappa shape index (κ2) is 5.36. The molecule has 0 aliphatic heterocycles. The lowest BCUT2D eigenvalue weighted by molar-refractivity contribution is -0.132. The van der Waals surface area contributed by atoms with Crippen LogP contribution < -0.4 is 4.74 Å². The molecule has 0 amide bonds. The molecule has 2 nitrogen and oxygen atoms in total. The van der Waals surface area contributed by atoms with Crippen LogP contribution in [-0.4, -0.2) is 5.97 Å². The maximum atomic E-state index is 11.5. The lowest BCUT2D eigenvalue weighted by Gasteiger charge is -2.15. The minimum absolute atomic E-state index is 0.246. The van der Waals surface area contributed by atoms with Crippen LogP contribution in [0.5, 0.6) is 5.75 Å². The van der Waals surface area contributed by atoms with E-state index in [2.05, 4.69) is 50.2 Å². The van der Waals surface area contributed by atoms with Crippen molar-refractivity contribution < 1.29 is 9.53 Å². The zero-order valence-corrected chi connectivity index (χ0v) is 12.8. The predicted octanol–water partition coefficient (Wildman–Crippen LogP) is 4.38.